The van der Waals surface area contributed by atoms with Gasteiger partial charge in [-0.15, -0.1) is 0 Å². The summed E-state index contributed by atoms with van der Waals surface area (Å²) < 4.78 is 24.9. The van der Waals surface area contributed by atoms with Gasteiger partial charge in [0.2, 0.25) is 15.9 Å². The molecule has 6 heteroatoms. The molecule has 1 amide bonds. The Bertz CT molecular complexity index is 597. The van der Waals surface area contributed by atoms with Crippen LogP contribution in [0.2, 0.25) is 0 Å². The highest BCUT2D eigenvalue weighted by atomic mass is 32.2. The number of benzene rings is 1. The maximum atomic E-state index is 12.0. The van der Waals surface area contributed by atoms with Crippen molar-refractivity contribution >= 4 is 21.6 Å². The maximum Gasteiger partial charge on any atom is 0.225 e. The van der Waals surface area contributed by atoms with Gasteiger partial charge >= 0.3 is 0 Å². The van der Waals surface area contributed by atoms with E-state index in [2.05, 4.69) is 5.32 Å². The van der Waals surface area contributed by atoms with Gasteiger partial charge in [0.05, 0.1) is 6.26 Å². The lowest BCUT2D eigenvalue weighted by molar-refractivity contribution is -0.116. The fourth-order valence-corrected chi connectivity index (χ4v) is 2.86. The van der Waals surface area contributed by atoms with Crippen LogP contribution in [0.25, 0.3) is 0 Å². The van der Waals surface area contributed by atoms with E-state index in [1.807, 2.05) is 45.0 Å². The molecule has 0 aliphatic carbocycles. The van der Waals surface area contributed by atoms with Gasteiger partial charge in [0.1, 0.15) is 0 Å². The number of carbonyl (C=O) groups is 1. The minimum Gasteiger partial charge on any atom is -0.326 e. The number of sulfonamides is 1. The fraction of sp³-hybridized carbons (Fsp3) is 0.562. The van der Waals surface area contributed by atoms with Crippen molar-refractivity contribution in [2.75, 3.05) is 24.7 Å². The Balaban J connectivity index is 2.57. The van der Waals surface area contributed by atoms with Crippen molar-refractivity contribution in [1.82, 2.24) is 4.31 Å². The summed E-state index contributed by atoms with van der Waals surface area (Å²) in [4.78, 5) is 12.0. The summed E-state index contributed by atoms with van der Waals surface area (Å²) in [6, 6.07) is 7.51. The second-order valence-corrected chi connectivity index (χ2v) is 7.94. The molecular formula is C16H26N2O3S. The Morgan fingerprint density at radius 3 is 2.41 bits per heavy atom. The van der Waals surface area contributed by atoms with Gasteiger partial charge in [-0.1, -0.05) is 32.0 Å². The largest absolute Gasteiger partial charge is 0.326 e. The van der Waals surface area contributed by atoms with Crippen LogP contribution in [0, 0.1) is 12.8 Å². The summed E-state index contributed by atoms with van der Waals surface area (Å²) in [6.07, 6.45) is 2.12. The summed E-state index contributed by atoms with van der Waals surface area (Å²) in [5.74, 6) is 0.248. The SMILES string of the molecule is Cc1ccccc1NC(=O)CCN(CCC(C)C)S(C)(=O)=O. The molecule has 1 aromatic rings. The molecule has 0 atom stereocenters. The number of carbonyl (C=O) groups excluding carboxylic acids is 1. The van der Waals surface area contributed by atoms with Crippen molar-refractivity contribution in [3.05, 3.63) is 29.8 Å². The van der Waals surface area contributed by atoms with E-state index < -0.39 is 10.0 Å². The highest BCUT2D eigenvalue weighted by molar-refractivity contribution is 7.88. The predicted octanol–water partition coefficient (Wildman–Crippen LogP) is 2.63. The lowest BCUT2D eigenvalue weighted by Gasteiger charge is -2.20. The van der Waals surface area contributed by atoms with Crippen molar-refractivity contribution < 1.29 is 13.2 Å². The van der Waals surface area contributed by atoms with E-state index in [4.69, 9.17) is 0 Å². The van der Waals surface area contributed by atoms with Crippen molar-refractivity contribution in [1.29, 1.82) is 0 Å². The van der Waals surface area contributed by atoms with Crippen molar-refractivity contribution in [3.8, 4) is 0 Å². The van der Waals surface area contributed by atoms with Crippen LogP contribution in [0.3, 0.4) is 0 Å². The number of anilines is 1. The van der Waals surface area contributed by atoms with E-state index in [0.717, 1.165) is 17.7 Å². The lowest BCUT2D eigenvalue weighted by Crippen LogP contribution is -2.34. The number of amides is 1. The zero-order valence-electron chi connectivity index (χ0n) is 13.8. The molecule has 0 spiro atoms. The molecule has 1 aromatic carbocycles. The molecule has 0 saturated heterocycles. The molecule has 0 heterocycles. The topological polar surface area (TPSA) is 66.5 Å². The molecule has 0 aromatic heterocycles. The maximum absolute atomic E-state index is 12.0. The van der Waals surface area contributed by atoms with Crippen molar-refractivity contribution in [3.63, 3.8) is 0 Å². The molecule has 0 aliphatic heterocycles. The molecule has 1 N–H and O–H groups in total. The quantitative estimate of drug-likeness (QED) is 0.798. The molecule has 0 fully saturated rings. The molecule has 22 heavy (non-hydrogen) atoms. The summed E-state index contributed by atoms with van der Waals surface area (Å²) in [5, 5.41) is 2.82. The molecular weight excluding hydrogens is 300 g/mol. The standard InChI is InChI=1S/C16H26N2O3S/c1-13(2)9-11-18(22(4,20)21)12-10-16(19)17-15-8-6-5-7-14(15)3/h5-8,13H,9-12H2,1-4H3,(H,17,19). The van der Waals surface area contributed by atoms with E-state index in [1.165, 1.54) is 10.6 Å². The second kappa shape index (κ2) is 8.29. The summed E-state index contributed by atoms with van der Waals surface area (Å²) in [6.45, 7) is 6.68. The number of nitrogens with one attached hydrogen (secondary N) is 1. The Kier molecular flexibility index (Phi) is 7.03. The molecule has 5 nitrogen and oxygen atoms in total. The van der Waals surface area contributed by atoms with Crippen LogP contribution in [0.5, 0.6) is 0 Å². The first-order chi connectivity index (χ1) is 10.2. The van der Waals surface area contributed by atoms with E-state index in [9.17, 15) is 13.2 Å². The van der Waals surface area contributed by atoms with Crippen molar-refractivity contribution in [2.24, 2.45) is 5.92 Å². The van der Waals surface area contributed by atoms with Gasteiger partial charge in [-0.05, 0) is 30.9 Å². The molecule has 0 unspecified atom stereocenters. The van der Waals surface area contributed by atoms with E-state index >= 15 is 0 Å². The van der Waals surface area contributed by atoms with Crippen LogP contribution in [0.4, 0.5) is 5.69 Å². The molecule has 0 radical (unpaired) electrons. The molecule has 0 aliphatic rings. The number of nitrogens with zero attached hydrogens (tertiary/aromatic N) is 1. The average Bonchev–Trinajstić information content (AvgIpc) is 2.39. The van der Waals surface area contributed by atoms with Gasteiger partial charge in [-0.3, -0.25) is 4.79 Å². The minimum absolute atomic E-state index is 0.152. The lowest BCUT2D eigenvalue weighted by atomic mass is 10.1. The first-order valence-electron chi connectivity index (χ1n) is 7.50. The monoisotopic (exact) mass is 326 g/mol. The van der Waals surface area contributed by atoms with Crippen LogP contribution in [-0.2, 0) is 14.8 Å². The number of para-hydroxylation sites is 1. The average molecular weight is 326 g/mol. The summed E-state index contributed by atoms with van der Waals surface area (Å²) >= 11 is 0. The zero-order chi connectivity index (χ0) is 16.8. The Labute approximate surface area is 133 Å². The van der Waals surface area contributed by atoms with Gasteiger partial charge in [-0.25, -0.2) is 12.7 Å². The molecule has 1 rings (SSSR count). The summed E-state index contributed by atoms with van der Waals surface area (Å²) in [5.41, 5.74) is 1.75. The van der Waals surface area contributed by atoms with Gasteiger partial charge < -0.3 is 5.32 Å². The Morgan fingerprint density at radius 1 is 1.23 bits per heavy atom. The van der Waals surface area contributed by atoms with Crippen LogP contribution < -0.4 is 5.32 Å². The normalized spacial score (nSPS) is 11.9. The smallest absolute Gasteiger partial charge is 0.225 e. The number of rotatable bonds is 8. The fourth-order valence-electron chi connectivity index (χ4n) is 2.00. The second-order valence-electron chi connectivity index (χ2n) is 5.96. The third kappa shape index (κ3) is 6.58. The van der Waals surface area contributed by atoms with Gasteiger partial charge in [0, 0.05) is 25.2 Å². The van der Waals surface area contributed by atoms with Crippen LogP contribution >= 0.6 is 0 Å². The minimum atomic E-state index is -3.28. The number of aryl methyl sites for hydroxylation is 1. The van der Waals surface area contributed by atoms with Gasteiger partial charge in [0.15, 0.2) is 0 Å². The van der Waals surface area contributed by atoms with Crippen LogP contribution in [-0.4, -0.2) is 38.0 Å². The highest BCUT2D eigenvalue weighted by Gasteiger charge is 2.18. The van der Waals surface area contributed by atoms with E-state index in [1.54, 1.807) is 0 Å². The predicted molar refractivity (Wildman–Crippen MR) is 90.3 cm³/mol. The number of hydrogen-bond donors (Lipinski definition) is 1. The Morgan fingerprint density at radius 2 is 1.86 bits per heavy atom. The summed E-state index contributed by atoms with van der Waals surface area (Å²) in [7, 11) is -3.28. The molecule has 124 valence electrons. The highest BCUT2D eigenvalue weighted by Crippen LogP contribution is 2.14. The molecule has 0 saturated carbocycles. The van der Waals surface area contributed by atoms with E-state index in [0.29, 0.717) is 12.5 Å². The zero-order valence-corrected chi connectivity index (χ0v) is 14.6. The number of hydrogen-bond acceptors (Lipinski definition) is 3. The van der Waals surface area contributed by atoms with Gasteiger partial charge in [-0.2, -0.15) is 0 Å². The van der Waals surface area contributed by atoms with Gasteiger partial charge in [0.25, 0.3) is 0 Å². The first-order valence-corrected chi connectivity index (χ1v) is 9.35. The van der Waals surface area contributed by atoms with Crippen LogP contribution in [0.15, 0.2) is 24.3 Å². The van der Waals surface area contributed by atoms with E-state index in [-0.39, 0.29) is 18.9 Å². The molecule has 0 bridgehead atoms. The third-order valence-corrected chi connectivity index (χ3v) is 4.74. The third-order valence-electron chi connectivity index (χ3n) is 3.43. The first kappa shape index (κ1) is 18.6. The van der Waals surface area contributed by atoms with Crippen molar-refractivity contribution in [2.45, 2.75) is 33.6 Å². The Hall–Kier alpha value is -1.40. The van der Waals surface area contributed by atoms with Crippen LogP contribution in [0.1, 0.15) is 32.3 Å².